The molecular weight excluding hydrogens is 360 g/mol. The lowest BCUT2D eigenvalue weighted by atomic mass is 10.3. The molecule has 0 unspecified atom stereocenters. The maximum Gasteiger partial charge on any atom is 0.300 e. The summed E-state index contributed by atoms with van der Waals surface area (Å²) in [5.74, 6) is -0.712. The molecule has 1 aliphatic rings. The number of furan rings is 1. The maximum atomic E-state index is 12.8. The Bertz CT molecular complexity index is 1080. The second-order valence-corrected chi connectivity index (χ2v) is 7.60. The molecule has 0 radical (unpaired) electrons. The Hall–Kier alpha value is -2.69. The van der Waals surface area contributed by atoms with Gasteiger partial charge in [0.05, 0.1) is 24.2 Å². The number of para-hydroxylation sites is 2. The minimum Gasteiger partial charge on any atom is -0.438 e. The highest BCUT2D eigenvalue weighted by atomic mass is 32.2. The number of carbonyl (C=O) groups is 1. The molecule has 0 saturated carbocycles. The summed E-state index contributed by atoms with van der Waals surface area (Å²) in [6, 6.07) is 9.56. The molecular formula is C16H16N4O5S. The number of anilines is 1. The van der Waals surface area contributed by atoms with E-state index in [9.17, 15) is 13.2 Å². The van der Waals surface area contributed by atoms with E-state index in [0.29, 0.717) is 24.2 Å². The fourth-order valence-electron chi connectivity index (χ4n) is 2.86. The molecule has 1 fully saturated rings. The molecule has 26 heavy (non-hydrogen) atoms. The van der Waals surface area contributed by atoms with E-state index in [1.54, 1.807) is 24.3 Å². The lowest BCUT2D eigenvalue weighted by Gasteiger charge is -2.24. The van der Waals surface area contributed by atoms with Gasteiger partial charge in [-0.15, -0.1) is 0 Å². The molecule has 0 aliphatic carbocycles. The second-order valence-electron chi connectivity index (χ2n) is 5.73. The monoisotopic (exact) mass is 376 g/mol. The largest absolute Gasteiger partial charge is 0.438 e. The zero-order chi connectivity index (χ0) is 18.3. The molecule has 4 rings (SSSR count). The van der Waals surface area contributed by atoms with Crippen LogP contribution in [0.1, 0.15) is 10.6 Å². The van der Waals surface area contributed by atoms with Gasteiger partial charge in [-0.05, 0) is 24.3 Å². The fraction of sp³-hybridized carbons (Fsp3) is 0.250. The number of ether oxygens (including phenoxy) is 1. The number of morpholine rings is 1. The Morgan fingerprint density at radius 3 is 2.62 bits per heavy atom. The zero-order valence-corrected chi connectivity index (χ0v) is 14.5. The summed E-state index contributed by atoms with van der Waals surface area (Å²) in [5.41, 5.74) is 6.93. The Balaban J connectivity index is 1.69. The molecule has 10 heteroatoms. The van der Waals surface area contributed by atoms with Gasteiger partial charge < -0.3 is 14.9 Å². The first-order valence-electron chi connectivity index (χ1n) is 7.94. The van der Waals surface area contributed by atoms with E-state index < -0.39 is 15.9 Å². The third-order valence-corrected chi connectivity index (χ3v) is 5.92. The Morgan fingerprint density at radius 1 is 1.12 bits per heavy atom. The first-order valence-corrected chi connectivity index (χ1v) is 9.38. The molecule has 2 aromatic heterocycles. The highest BCUT2D eigenvalue weighted by Gasteiger charge is 2.30. The van der Waals surface area contributed by atoms with Gasteiger partial charge in [-0.3, -0.25) is 4.79 Å². The lowest BCUT2D eigenvalue weighted by molar-refractivity contribution is 0.0722. The molecule has 1 aliphatic heterocycles. The summed E-state index contributed by atoms with van der Waals surface area (Å²) in [6.45, 7) is 1.13. The lowest BCUT2D eigenvalue weighted by Crippen LogP contribution is -2.40. The molecule has 9 nitrogen and oxygen atoms in total. The smallest absolute Gasteiger partial charge is 0.300 e. The molecule has 0 bridgehead atoms. The summed E-state index contributed by atoms with van der Waals surface area (Å²) in [5, 5.41) is -0.286. The molecule has 0 amide bonds. The number of carbonyl (C=O) groups excluding carboxylic acids is 1. The zero-order valence-electron chi connectivity index (χ0n) is 13.7. The van der Waals surface area contributed by atoms with E-state index in [2.05, 4.69) is 4.98 Å². The predicted molar refractivity (Wildman–Crippen MR) is 92.2 cm³/mol. The van der Waals surface area contributed by atoms with Gasteiger partial charge in [0.1, 0.15) is 0 Å². The van der Waals surface area contributed by atoms with E-state index in [4.69, 9.17) is 14.9 Å². The molecule has 1 aromatic carbocycles. The molecule has 3 aromatic rings. The van der Waals surface area contributed by atoms with E-state index in [1.807, 2.05) is 0 Å². The molecule has 1 saturated heterocycles. The molecule has 3 heterocycles. The topological polar surface area (TPSA) is 121 Å². The Morgan fingerprint density at radius 2 is 1.85 bits per heavy atom. The average molecular weight is 376 g/mol. The van der Waals surface area contributed by atoms with E-state index >= 15 is 0 Å². The van der Waals surface area contributed by atoms with Crippen molar-refractivity contribution >= 4 is 32.9 Å². The number of sulfonamides is 1. The van der Waals surface area contributed by atoms with Crippen LogP contribution in [0, 0.1) is 0 Å². The van der Waals surface area contributed by atoms with Crippen molar-refractivity contribution in [1.82, 2.24) is 13.9 Å². The van der Waals surface area contributed by atoms with Crippen molar-refractivity contribution in [3.63, 3.8) is 0 Å². The molecule has 0 atom stereocenters. The number of hydrogen-bond donors (Lipinski definition) is 1. The Kier molecular flexibility index (Phi) is 4.02. The number of benzene rings is 1. The van der Waals surface area contributed by atoms with Crippen molar-refractivity contribution in [2.45, 2.75) is 5.09 Å². The van der Waals surface area contributed by atoms with Crippen LogP contribution in [-0.4, -0.2) is 54.5 Å². The van der Waals surface area contributed by atoms with Crippen LogP contribution in [-0.2, 0) is 14.8 Å². The number of imidazole rings is 1. The molecule has 136 valence electrons. The number of nitrogen functional groups attached to an aromatic ring is 1. The standard InChI is InChI=1S/C16H16N4O5S/c17-16-18-11-3-1-2-4-12(11)20(16)15(21)13-5-6-14(25-13)26(22,23)19-7-9-24-10-8-19/h1-6H,7-10H2,(H2,17,18). The van der Waals surface area contributed by atoms with E-state index in [1.165, 1.54) is 21.0 Å². The summed E-state index contributed by atoms with van der Waals surface area (Å²) < 4.78 is 38.2. The van der Waals surface area contributed by atoms with E-state index in [-0.39, 0.29) is 29.9 Å². The van der Waals surface area contributed by atoms with Gasteiger partial charge in [0.2, 0.25) is 11.0 Å². The van der Waals surface area contributed by atoms with Crippen LogP contribution >= 0.6 is 0 Å². The van der Waals surface area contributed by atoms with Gasteiger partial charge in [-0.2, -0.15) is 4.31 Å². The first-order chi connectivity index (χ1) is 12.5. The van der Waals surface area contributed by atoms with Crippen molar-refractivity contribution in [2.75, 3.05) is 32.0 Å². The fourth-order valence-corrected chi connectivity index (χ4v) is 4.18. The highest BCUT2D eigenvalue weighted by molar-refractivity contribution is 7.89. The van der Waals surface area contributed by atoms with E-state index in [0.717, 1.165) is 0 Å². The van der Waals surface area contributed by atoms with Crippen molar-refractivity contribution < 1.29 is 22.4 Å². The van der Waals surface area contributed by atoms with Gasteiger partial charge in [0, 0.05) is 13.1 Å². The summed E-state index contributed by atoms with van der Waals surface area (Å²) >= 11 is 0. The number of nitrogens with zero attached hydrogens (tertiary/aromatic N) is 3. The van der Waals surface area contributed by atoms with Crippen LogP contribution < -0.4 is 5.73 Å². The van der Waals surface area contributed by atoms with Gasteiger partial charge in [0.15, 0.2) is 5.76 Å². The van der Waals surface area contributed by atoms with Crippen LogP contribution in [0.5, 0.6) is 0 Å². The number of fused-ring (bicyclic) bond motifs is 1. The van der Waals surface area contributed by atoms with Crippen LogP contribution in [0.15, 0.2) is 45.9 Å². The minimum atomic E-state index is -3.82. The number of nitrogens with two attached hydrogens (primary N) is 1. The van der Waals surface area contributed by atoms with Crippen LogP contribution in [0.25, 0.3) is 11.0 Å². The first kappa shape index (κ1) is 16.8. The second kappa shape index (κ2) is 6.24. The number of hydrogen-bond acceptors (Lipinski definition) is 7. The Labute approximate surface area is 149 Å². The van der Waals surface area contributed by atoms with Crippen molar-refractivity contribution in [1.29, 1.82) is 0 Å². The third kappa shape index (κ3) is 2.68. The summed E-state index contributed by atoms with van der Waals surface area (Å²) in [7, 11) is -3.82. The third-order valence-electron chi connectivity index (χ3n) is 4.15. The predicted octanol–water partition coefficient (Wildman–Crippen LogP) is 0.921. The van der Waals surface area contributed by atoms with Gasteiger partial charge in [0.25, 0.3) is 10.0 Å². The van der Waals surface area contributed by atoms with Gasteiger partial charge in [-0.1, -0.05) is 12.1 Å². The van der Waals surface area contributed by atoms with Crippen molar-refractivity contribution in [2.24, 2.45) is 0 Å². The normalized spacial score (nSPS) is 16.2. The van der Waals surface area contributed by atoms with Crippen LogP contribution in [0.4, 0.5) is 5.95 Å². The highest BCUT2D eigenvalue weighted by Crippen LogP contribution is 2.23. The van der Waals surface area contributed by atoms with Gasteiger partial charge >= 0.3 is 5.91 Å². The summed E-state index contributed by atoms with van der Waals surface area (Å²) in [4.78, 5) is 16.9. The number of aromatic nitrogens is 2. The van der Waals surface area contributed by atoms with Crippen molar-refractivity contribution in [3.05, 3.63) is 42.2 Å². The minimum absolute atomic E-state index is 0.00480. The van der Waals surface area contributed by atoms with Gasteiger partial charge in [-0.25, -0.2) is 18.0 Å². The summed E-state index contributed by atoms with van der Waals surface area (Å²) in [6.07, 6.45) is 0. The van der Waals surface area contributed by atoms with Crippen LogP contribution in [0.3, 0.4) is 0 Å². The maximum absolute atomic E-state index is 12.8. The molecule has 2 N–H and O–H groups in total. The van der Waals surface area contributed by atoms with Crippen LogP contribution in [0.2, 0.25) is 0 Å². The SMILES string of the molecule is Nc1nc2ccccc2n1C(=O)c1ccc(S(=O)(=O)N2CCOCC2)o1. The average Bonchev–Trinajstić information content (AvgIpc) is 3.26. The number of rotatable bonds is 3. The quantitative estimate of drug-likeness (QED) is 0.721. The molecule has 0 spiro atoms. The van der Waals surface area contributed by atoms with Crippen molar-refractivity contribution in [3.8, 4) is 0 Å².